The van der Waals surface area contributed by atoms with E-state index < -0.39 is 24.4 Å². The highest BCUT2D eigenvalue weighted by Gasteiger charge is 2.15. The van der Waals surface area contributed by atoms with Gasteiger partial charge in [0.1, 0.15) is 0 Å². The first-order valence-electron chi connectivity index (χ1n) is 7.00. The molecule has 0 spiro atoms. The van der Waals surface area contributed by atoms with Crippen LogP contribution in [0.15, 0.2) is 35.7 Å². The van der Waals surface area contributed by atoms with E-state index in [1.807, 2.05) is 0 Å². The number of esters is 1. The number of benzene rings is 1. The molecule has 0 aliphatic rings. The molecule has 1 aromatic carbocycles. The highest BCUT2D eigenvalue weighted by atomic mass is 32.1. The van der Waals surface area contributed by atoms with E-state index >= 15 is 0 Å². The molecule has 10 heteroatoms. The second-order valence-corrected chi connectivity index (χ2v) is 5.52. The maximum absolute atomic E-state index is 11.7. The Kier molecular flexibility index (Phi) is 6.18. The van der Waals surface area contributed by atoms with Crippen LogP contribution in [0.1, 0.15) is 27.8 Å². The van der Waals surface area contributed by atoms with Crippen LogP contribution in [0.2, 0.25) is 0 Å². The number of hydrogen-bond donors (Lipinski definition) is 3. The van der Waals surface area contributed by atoms with Crippen LogP contribution in [-0.4, -0.2) is 35.3 Å². The van der Waals surface area contributed by atoms with Crippen molar-refractivity contribution in [2.24, 2.45) is 0 Å². The third-order valence-electron chi connectivity index (χ3n) is 2.68. The second-order valence-electron chi connectivity index (χ2n) is 4.66. The first-order chi connectivity index (χ1) is 12.0. The molecule has 0 fully saturated rings. The molecule has 1 aromatic heterocycles. The summed E-state index contributed by atoms with van der Waals surface area (Å²) in [6.45, 7) is 0.717. The summed E-state index contributed by atoms with van der Waals surface area (Å²) < 4.78 is 4.78. The van der Waals surface area contributed by atoms with Gasteiger partial charge in [0.05, 0.1) is 0 Å². The van der Waals surface area contributed by atoms with E-state index in [2.05, 4.69) is 21.2 Å². The van der Waals surface area contributed by atoms with E-state index in [-0.39, 0.29) is 16.7 Å². The Morgan fingerprint density at radius 2 is 1.84 bits per heavy atom. The van der Waals surface area contributed by atoms with Crippen LogP contribution in [0.25, 0.3) is 0 Å². The molecule has 3 amide bonds. The lowest BCUT2D eigenvalue weighted by Crippen LogP contribution is -2.43. The Bertz CT molecular complexity index is 790. The van der Waals surface area contributed by atoms with Crippen LogP contribution in [-0.2, 0) is 14.3 Å². The largest absolute Gasteiger partial charge is 0.451 e. The number of ether oxygens (including phenoxy) is 1. The van der Waals surface area contributed by atoms with Crippen molar-refractivity contribution in [1.29, 1.82) is 0 Å². The van der Waals surface area contributed by atoms with Gasteiger partial charge < -0.3 is 10.1 Å². The van der Waals surface area contributed by atoms with Gasteiger partial charge in [-0.05, 0) is 12.1 Å². The number of nitrogens with one attached hydrogen (secondary N) is 3. The minimum absolute atomic E-state index is 0.0325. The molecule has 0 saturated heterocycles. The molecule has 0 aliphatic heterocycles. The fourth-order valence-electron chi connectivity index (χ4n) is 1.60. The Balaban J connectivity index is 1.76. The first kappa shape index (κ1) is 18.1. The SMILES string of the molecule is CC(=O)Nc1nc(C(=O)OCC(=O)NNC(=O)c2ccccc2)cs1. The monoisotopic (exact) mass is 362 g/mol. The Morgan fingerprint density at radius 1 is 1.12 bits per heavy atom. The zero-order chi connectivity index (χ0) is 18.2. The van der Waals surface area contributed by atoms with Crippen LogP contribution >= 0.6 is 11.3 Å². The Labute approximate surface area is 146 Å². The van der Waals surface area contributed by atoms with Crippen molar-refractivity contribution in [1.82, 2.24) is 15.8 Å². The summed E-state index contributed by atoms with van der Waals surface area (Å²) in [5.41, 5.74) is 4.66. The van der Waals surface area contributed by atoms with E-state index in [0.717, 1.165) is 11.3 Å². The Morgan fingerprint density at radius 3 is 2.52 bits per heavy atom. The lowest BCUT2D eigenvalue weighted by Gasteiger charge is -2.07. The second kappa shape index (κ2) is 8.55. The number of nitrogens with zero attached hydrogens (tertiary/aromatic N) is 1. The summed E-state index contributed by atoms with van der Waals surface area (Å²) in [7, 11) is 0. The molecule has 0 unspecified atom stereocenters. The third kappa shape index (κ3) is 5.70. The fourth-order valence-corrected chi connectivity index (χ4v) is 2.33. The quantitative estimate of drug-likeness (QED) is 0.531. The molecule has 9 nitrogen and oxygen atoms in total. The molecule has 1 heterocycles. The average Bonchev–Trinajstić information content (AvgIpc) is 3.06. The topological polar surface area (TPSA) is 126 Å². The number of carbonyl (C=O) groups is 4. The van der Waals surface area contributed by atoms with Gasteiger partial charge in [0.2, 0.25) is 5.91 Å². The predicted molar refractivity (Wildman–Crippen MR) is 88.8 cm³/mol. The number of rotatable bonds is 5. The van der Waals surface area contributed by atoms with Crippen molar-refractivity contribution in [2.75, 3.05) is 11.9 Å². The minimum Gasteiger partial charge on any atom is -0.451 e. The van der Waals surface area contributed by atoms with Crippen LogP contribution < -0.4 is 16.2 Å². The zero-order valence-corrected chi connectivity index (χ0v) is 13.9. The standard InChI is InChI=1S/C15H14N4O5S/c1-9(20)16-15-17-11(8-25-15)14(23)24-7-12(21)18-19-13(22)10-5-3-2-4-6-10/h2-6,8H,7H2,1H3,(H,18,21)(H,19,22)(H,16,17,20). The van der Waals surface area contributed by atoms with Crippen LogP contribution in [0, 0.1) is 0 Å². The van der Waals surface area contributed by atoms with Gasteiger partial charge in [-0.1, -0.05) is 18.2 Å². The fraction of sp³-hybridized carbons (Fsp3) is 0.133. The van der Waals surface area contributed by atoms with Crippen molar-refractivity contribution in [3.63, 3.8) is 0 Å². The molecule has 0 bridgehead atoms. The number of hydrazine groups is 1. The summed E-state index contributed by atoms with van der Waals surface area (Å²) in [6.07, 6.45) is 0. The summed E-state index contributed by atoms with van der Waals surface area (Å²) in [5.74, 6) is -2.35. The third-order valence-corrected chi connectivity index (χ3v) is 3.44. The van der Waals surface area contributed by atoms with E-state index in [0.29, 0.717) is 5.56 Å². The predicted octanol–water partition coefficient (Wildman–Crippen LogP) is 0.719. The van der Waals surface area contributed by atoms with Gasteiger partial charge in [0.25, 0.3) is 11.8 Å². The average molecular weight is 362 g/mol. The van der Waals surface area contributed by atoms with Crippen LogP contribution in [0.4, 0.5) is 5.13 Å². The lowest BCUT2D eigenvalue weighted by molar-refractivity contribution is -0.125. The number of aromatic nitrogens is 1. The van der Waals surface area contributed by atoms with Crippen molar-refractivity contribution < 1.29 is 23.9 Å². The van der Waals surface area contributed by atoms with Crippen LogP contribution in [0.3, 0.4) is 0 Å². The smallest absolute Gasteiger partial charge is 0.358 e. The maximum Gasteiger partial charge on any atom is 0.358 e. The maximum atomic E-state index is 11.7. The molecular formula is C15H14N4O5S. The van der Waals surface area contributed by atoms with E-state index in [1.54, 1.807) is 30.3 Å². The van der Waals surface area contributed by atoms with Crippen molar-refractivity contribution >= 4 is 40.2 Å². The summed E-state index contributed by atoms with van der Waals surface area (Å²) >= 11 is 1.05. The van der Waals surface area contributed by atoms with Gasteiger partial charge in [0.15, 0.2) is 17.4 Å². The highest BCUT2D eigenvalue weighted by molar-refractivity contribution is 7.14. The molecule has 2 aromatic rings. The summed E-state index contributed by atoms with van der Waals surface area (Å²) in [4.78, 5) is 49.8. The number of carbonyl (C=O) groups excluding carboxylic acids is 4. The van der Waals surface area contributed by atoms with Gasteiger partial charge in [-0.2, -0.15) is 0 Å². The molecule has 0 radical (unpaired) electrons. The zero-order valence-electron chi connectivity index (χ0n) is 13.1. The molecule has 130 valence electrons. The molecule has 0 atom stereocenters. The van der Waals surface area contributed by atoms with Gasteiger partial charge >= 0.3 is 5.97 Å². The molecule has 0 saturated carbocycles. The number of thiazole rings is 1. The van der Waals surface area contributed by atoms with E-state index in [9.17, 15) is 19.2 Å². The first-order valence-corrected chi connectivity index (χ1v) is 7.88. The van der Waals surface area contributed by atoms with Crippen LogP contribution in [0.5, 0.6) is 0 Å². The van der Waals surface area contributed by atoms with Gasteiger partial charge in [-0.3, -0.25) is 25.2 Å². The van der Waals surface area contributed by atoms with Crippen molar-refractivity contribution in [2.45, 2.75) is 6.92 Å². The Hall–Kier alpha value is -3.27. The molecular weight excluding hydrogens is 348 g/mol. The van der Waals surface area contributed by atoms with E-state index in [4.69, 9.17) is 4.74 Å². The van der Waals surface area contributed by atoms with Crippen molar-refractivity contribution in [3.05, 3.63) is 47.0 Å². The minimum atomic E-state index is -0.822. The number of anilines is 1. The lowest BCUT2D eigenvalue weighted by atomic mass is 10.2. The number of hydrogen-bond acceptors (Lipinski definition) is 7. The van der Waals surface area contributed by atoms with Gasteiger partial charge in [0, 0.05) is 17.9 Å². The molecule has 25 heavy (non-hydrogen) atoms. The normalized spacial score (nSPS) is 9.80. The highest BCUT2D eigenvalue weighted by Crippen LogP contribution is 2.15. The summed E-state index contributed by atoms with van der Waals surface area (Å²) in [6, 6.07) is 8.28. The van der Waals surface area contributed by atoms with E-state index in [1.165, 1.54) is 12.3 Å². The number of amides is 3. The summed E-state index contributed by atoms with van der Waals surface area (Å²) in [5, 5.41) is 4.07. The molecule has 2 rings (SSSR count). The molecule has 3 N–H and O–H groups in total. The molecule has 0 aliphatic carbocycles. The van der Waals surface area contributed by atoms with Crippen molar-refractivity contribution in [3.8, 4) is 0 Å². The van der Waals surface area contributed by atoms with Gasteiger partial charge in [-0.15, -0.1) is 11.3 Å². The van der Waals surface area contributed by atoms with Gasteiger partial charge in [-0.25, -0.2) is 9.78 Å².